The molecule has 2 nitrogen and oxygen atoms in total. The van der Waals surface area contributed by atoms with Crippen molar-refractivity contribution in [3.8, 4) is 0 Å². The van der Waals surface area contributed by atoms with E-state index in [4.69, 9.17) is 4.74 Å². The van der Waals surface area contributed by atoms with Gasteiger partial charge in [-0.3, -0.25) is 0 Å². The van der Waals surface area contributed by atoms with Crippen molar-refractivity contribution in [2.24, 2.45) is 5.92 Å². The fourth-order valence-electron chi connectivity index (χ4n) is 0.904. The molecule has 0 atom stereocenters. The van der Waals surface area contributed by atoms with Gasteiger partial charge in [-0.1, -0.05) is 13.8 Å². The van der Waals surface area contributed by atoms with Crippen LogP contribution in [0.4, 0.5) is 0 Å². The van der Waals surface area contributed by atoms with Gasteiger partial charge in [0.15, 0.2) is 0 Å². The van der Waals surface area contributed by atoms with Gasteiger partial charge < -0.3 is 10.1 Å². The molecule has 1 N–H and O–H groups in total. The third-order valence-electron chi connectivity index (χ3n) is 1.75. The smallest absolute Gasteiger partial charge is 0.0552 e. The fraction of sp³-hybridized carbons (Fsp3) is 1.00. The van der Waals surface area contributed by atoms with Crippen molar-refractivity contribution in [2.75, 3.05) is 38.3 Å². The Kier molecular flexibility index (Phi) is 10.6. The van der Waals surface area contributed by atoms with E-state index in [1.165, 1.54) is 12.2 Å². The third-order valence-corrected chi connectivity index (χ3v) is 2.70. The van der Waals surface area contributed by atoms with Crippen molar-refractivity contribution in [3.63, 3.8) is 0 Å². The van der Waals surface area contributed by atoms with Gasteiger partial charge >= 0.3 is 0 Å². The number of hydrogen-bond donors (Lipinski definition) is 1. The Labute approximate surface area is 86.8 Å². The SMILES string of the molecule is COCCSCCNCCC(C)C. The van der Waals surface area contributed by atoms with E-state index in [0.29, 0.717) is 0 Å². The molecule has 0 heterocycles. The molecule has 0 unspecified atom stereocenters. The highest BCUT2D eigenvalue weighted by molar-refractivity contribution is 7.99. The molecular formula is C10H23NOS. The van der Waals surface area contributed by atoms with Crippen LogP contribution < -0.4 is 5.32 Å². The van der Waals surface area contributed by atoms with E-state index in [0.717, 1.165) is 31.4 Å². The zero-order chi connectivity index (χ0) is 9.94. The highest BCUT2D eigenvalue weighted by Crippen LogP contribution is 1.98. The van der Waals surface area contributed by atoms with Gasteiger partial charge in [0.05, 0.1) is 6.61 Å². The number of ether oxygens (including phenoxy) is 1. The van der Waals surface area contributed by atoms with Crippen LogP contribution in [0.3, 0.4) is 0 Å². The van der Waals surface area contributed by atoms with Crippen LogP contribution in [0.15, 0.2) is 0 Å². The molecule has 0 aromatic heterocycles. The molecule has 0 saturated heterocycles. The first-order valence-corrected chi connectivity index (χ1v) is 6.20. The van der Waals surface area contributed by atoms with Gasteiger partial charge in [0.2, 0.25) is 0 Å². The Bertz CT molecular complexity index is 98.9. The third kappa shape index (κ3) is 12.3. The van der Waals surface area contributed by atoms with Crippen molar-refractivity contribution in [1.29, 1.82) is 0 Å². The van der Waals surface area contributed by atoms with Gasteiger partial charge in [-0.05, 0) is 18.9 Å². The maximum atomic E-state index is 4.96. The van der Waals surface area contributed by atoms with Gasteiger partial charge in [0.25, 0.3) is 0 Å². The molecule has 0 bridgehead atoms. The summed E-state index contributed by atoms with van der Waals surface area (Å²) in [6.07, 6.45) is 1.28. The maximum absolute atomic E-state index is 4.96. The second-order valence-electron chi connectivity index (χ2n) is 3.54. The van der Waals surface area contributed by atoms with E-state index in [9.17, 15) is 0 Å². The van der Waals surface area contributed by atoms with Crippen LogP contribution in [-0.2, 0) is 4.74 Å². The molecule has 0 saturated carbocycles. The molecule has 3 heteroatoms. The number of rotatable bonds is 9. The first-order valence-electron chi connectivity index (χ1n) is 5.04. The molecular weight excluding hydrogens is 182 g/mol. The lowest BCUT2D eigenvalue weighted by Gasteiger charge is -2.06. The number of methoxy groups -OCH3 is 1. The first kappa shape index (κ1) is 13.3. The predicted octanol–water partition coefficient (Wildman–Crippen LogP) is 2.00. The maximum Gasteiger partial charge on any atom is 0.0552 e. The highest BCUT2D eigenvalue weighted by Gasteiger charge is 1.93. The van der Waals surface area contributed by atoms with E-state index in [1.807, 2.05) is 11.8 Å². The topological polar surface area (TPSA) is 21.3 Å². The molecule has 0 spiro atoms. The molecule has 0 aromatic rings. The van der Waals surface area contributed by atoms with Crippen molar-refractivity contribution in [2.45, 2.75) is 20.3 Å². The molecule has 13 heavy (non-hydrogen) atoms. The molecule has 80 valence electrons. The van der Waals surface area contributed by atoms with Crippen LogP contribution in [0, 0.1) is 5.92 Å². The van der Waals surface area contributed by atoms with E-state index in [1.54, 1.807) is 7.11 Å². The summed E-state index contributed by atoms with van der Waals surface area (Å²) < 4.78 is 4.96. The van der Waals surface area contributed by atoms with Crippen molar-refractivity contribution in [1.82, 2.24) is 5.32 Å². The lowest BCUT2D eigenvalue weighted by molar-refractivity contribution is 0.218. The predicted molar refractivity (Wildman–Crippen MR) is 61.5 cm³/mol. The second-order valence-corrected chi connectivity index (χ2v) is 4.76. The lowest BCUT2D eigenvalue weighted by atomic mass is 10.1. The standard InChI is InChI=1S/C10H23NOS/c1-10(2)4-5-11-6-8-13-9-7-12-3/h10-11H,4-9H2,1-3H3. The van der Waals surface area contributed by atoms with Crippen molar-refractivity contribution < 1.29 is 4.74 Å². The summed E-state index contributed by atoms with van der Waals surface area (Å²) in [5.41, 5.74) is 0. The van der Waals surface area contributed by atoms with Crippen LogP contribution in [-0.4, -0.2) is 38.3 Å². The summed E-state index contributed by atoms with van der Waals surface area (Å²) in [6, 6.07) is 0. The van der Waals surface area contributed by atoms with E-state index in [2.05, 4.69) is 19.2 Å². The Morgan fingerprint density at radius 3 is 2.62 bits per heavy atom. The zero-order valence-corrected chi connectivity index (χ0v) is 9.95. The largest absolute Gasteiger partial charge is 0.384 e. The minimum Gasteiger partial charge on any atom is -0.384 e. The Balaban J connectivity index is 2.84. The number of nitrogens with one attached hydrogen (secondary N) is 1. The van der Waals surface area contributed by atoms with E-state index in [-0.39, 0.29) is 0 Å². The van der Waals surface area contributed by atoms with Gasteiger partial charge in [0, 0.05) is 25.2 Å². The summed E-state index contributed by atoms with van der Waals surface area (Å²) in [6.45, 7) is 7.67. The molecule has 0 amide bonds. The highest BCUT2D eigenvalue weighted by atomic mass is 32.2. The molecule has 0 rings (SSSR count). The molecule has 0 aliphatic heterocycles. The summed E-state index contributed by atoms with van der Waals surface area (Å²) in [7, 11) is 1.75. The lowest BCUT2D eigenvalue weighted by Crippen LogP contribution is -2.19. The van der Waals surface area contributed by atoms with Crippen LogP contribution >= 0.6 is 11.8 Å². The van der Waals surface area contributed by atoms with Crippen LogP contribution in [0.1, 0.15) is 20.3 Å². The van der Waals surface area contributed by atoms with Crippen LogP contribution in [0.25, 0.3) is 0 Å². The fourth-order valence-corrected chi connectivity index (χ4v) is 1.68. The van der Waals surface area contributed by atoms with Gasteiger partial charge in [0.1, 0.15) is 0 Å². The summed E-state index contributed by atoms with van der Waals surface area (Å²) in [5.74, 6) is 3.12. The van der Waals surface area contributed by atoms with Crippen LogP contribution in [0.2, 0.25) is 0 Å². The summed E-state index contributed by atoms with van der Waals surface area (Å²) in [5, 5.41) is 3.43. The molecule has 0 aliphatic rings. The molecule has 0 fully saturated rings. The number of hydrogen-bond acceptors (Lipinski definition) is 3. The zero-order valence-electron chi connectivity index (χ0n) is 9.14. The minimum absolute atomic E-state index is 0.814. The minimum atomic E-state index is 0.814. The van der Waals surface area contributed by atoms with E-state index >= 15 is 0 Å². The monoisotopic (exact) mass is 205 g/mol. The molecule has 0 aromatic carbocycles. The van der Waals surface area contributed by atoms with Gasteiger partial charge in [-0.25, -0.2) is 0 Å². The quantitative estimate of drug-likeness (QED) is 0.582. The number of thioether (sulfide) groups is 1. The average Bonchev–Trinajstić information content (AvgIpc) is 2.09. The van der Waals surface area contributed by atoms with E-state index < -0.39 is 0 Å². The molecule has 0 radical (unpaired) electrons. The normalized spacial score (nSPS) is 11.1. The second kappa shape index (κ2) is 10.4. The molecule has 0 aliphatic carbocycles. The Hall–Kier alpha value is 0.270. The van der Waals surface area contributed by atoms with Crippen LogP contribution in [0.5, 0.6) is 0 Å². The van der Waals surface area contributed by atoms with Gasteiger partial charge in [-0.15, -0.1) is 0 Å². The van der Waals surface area contributed by atoms with Crippen molar-refractivity contribution in [3.05, 3.63) is 0 Å². The van der Waals surface area contributed by atoms with Gasteiger partial charge in [-0.2, -0.15) is 11.8 Å². The Morgan fingerprint density at radius 1 is 1.23 bits per heavy atom. The summed E-state index contributed by atoms with van der Waals surface area (Å²) in [4.78, 5) is 0. The Morgan fingerprint density at radius 2 is 2.00 bits per heavy atom. The first-order chi connectivity index (χ1) is 6.27. The van der Waals surface area contributed by atoms with Crippen molar-refractivity contribution >= 4 is 11.8 Å². The average molecular weight is 205 g/mol. The summed E-state index contributed by atoms with van der Waals surface area (Å²) >= 11 is 1.95.